The van der Waals surface area contributed by atoms with Gasteiger partial charge in [-0.05, 0) is 44.6 Å². The molecule has 5 heteroatoms. The van der Waals surface area contributed by atoms with E-state index in [1.54, 1.807) is 7.11 Å². The van der Waals surface area contributed by atoms with E-state index in [4.69, 9.17) is 4.74 Å². The lowest BCUT2D eigenvalue weighted by Gasteiger charge is -2.26. The fraction of sp³-hybridized carbons (Fsp3) is 0.562. The Morgan fingerprint density at radius 1 is 1.43 bits per heavy atom. The molecule has 1 saturated heterocycles. The van der Waals surface area contributed by atoms with E-state index in [9.17, 15) is 4.79 Å². The van der Waals surface area contributed by atoms with Crippen molar-refractivity contribution >= 4 is 5.91 Å². The molecule has 1 aromatic carbocycles. The Morgan fingerprint density at radius 2 is 2.19 bits per heavy atom. The van der Waals surface area contributed by atoms with Crippen molar-refractivity contribution in [2.75, 3.05) is 34.3 Å². The van der Waals surface area contributed by atoms with Crippen molar-refractivity contribution in [3.05, 3.63) is 29.8 Å². The number of carbonyl (C=O) groups is 1. The van der Waals surface area contributed by atoms with Gasteiger partial charge in [-0.3, -0.25) is 10.1 Å². The molecule has 1 aliphatic heterocycles. The Kier molecular flexibility index (Phi) is 3.63. The highest BCUT2D eigenvalue weighted by molar-refractivity contribution is 5.92. The van der Waals surface area contributed by atoms with Crippen LogP contribution in [0.15, 0.2) is 24.3 Å². The molecular weight excluding hydrogens is 266 g/mol. The van der Waals surface area contributed by atoms with E-state index in [1.807, 2.05) is 37.2 Å². The first-order chi connectivity index (χ1) is 10.1. The first-order valence-corrected chi connectivity index (χ1v) is 7.43. The molecule has 1 aromatic rings. The standard InChI is InChI=1S/C16H23N3O2/c1-18(2)9-10-19-14(17-16(7-8-16)15(19)20)12-5-4-6-13(11-12)21-3/h4-6,11,14,17H,7-10H2,1-3H3. The van der Waals surface area contributed by atoms with Crippen molar-refractivity contribution in [3.8, 4) is 5.75 Å². The predicted molar refractivity (Wildman–Crippen MR) is 81.1 cm³/mol. The van der Waals surface area contributed by atoms with E-state index >= 15 is 0 Å². The second-order valence-corrected chi connectivity index (χ2v) is 6.21. The Morgan fingerprint density at radius 3 is 2.81 bits per heavy atom. The largest absolute Gasteiger partial charge is 0.497 e. The van der Waals surface area contributed by atoms with Crippen molar-refractivity contribution in [1.82, 2.24) is 15.1 Å². The van der Waals surface area contributed by atoms with Crippen LogP contribution < -0.4 is 10.1 Å². The molecule has 1 spiro atoms. The summed E-state index contributed by atoms with van der Waals surface area (Å²) in [4.78, 5) is 16.7. The number of likely N-dealkylation sites (N-methyl/N-ethyl adjacent to an activating group) is 1. The van der Waals surface area contributed by atoms with Crippen LogP contribution in [-0.4, -0.2) is 55.5 Å². The van der Waals surface area contributed by atoms with E-state index in [-0.39, 0.29) is 17.6 Å². The molecule has 114 valence electrons. The van der Waals surface area contributed by atoms with Gasteiger partial charge in [0.05, 0.1) is 7.11 Å². The molecule has 1 unspecified atom stereocenters. The summed E-state index contributed by atoms with van der Waals surface area (Å²) in [5, 5.41) is 3.53. The van der Waals surface area contributed by atoms with Gasteiger partial charge in [0.15, 0.2) is 0 Å². The lowest BCUT2D eigenvalue weighted by molar-refractivity contribution is -0.131. The zero-order valence-corrected chi connectivity index (χ0v) is 12.9. The smallest absolute Gasteiger partial charge is 0.244 e. The van der Waals surface area contributed by atoms with Crippen molar-refractivity contribution in [2.45, 2.75) is 24.5 Å². The monoisotopic (exact) mass is 289 g/mol. The molecule has 21 heavy (non-hydrogen) atoms. The highest BCUT2D eigenvalue weighted by atomic mass is 16.5. The van der Waals surface area contributed by atoms with Gasteiger partial charge < -0.3 is 14.5 Å². The van der Waals surface area contributed by atoms with Crippen LogP contribution in [0.3, 0.4) is 0 Å². The number of ether oxygens (including phenoxy) is 1. The molecule has 1 atom stereocenters. The fourth-order valence-electron chi connectivity index (χ4n) is 2.89. The Labute approximate surface area is 125 Å². The topological polar surface area (TPSA) is 44.8 Å². The van der Waals surface area contributed by atoms with Gasteiger partial charge in [0, 0.05) is 13.1 Å². The highest BCUT2D eigenvalue weighted by Gasteiger charge is 2.59. The molecule has 1 saturated carbocycles. The van der Waals surface area contributed by atoms with Gasteiger partial charge in [0.2, 0.25) is 5.91 Å². The molecule has 1 N–H and O–H groups in total. The summed E-state index contributed by atoms with van der Waals surface area (Å²) in [7, 11) is 5.72. The molecule has 1 amide bonds. The molecule has 5 nitrogen and oxygen atoms in total. The molecule has 2 aliphatic rings. The Bertz CT molecular complexity index is 540. The second-order valence-electron chi connectivity index (χ2n) is 6.21. The minimum atomic E-state index is -0.292. The maximum atomic E-state index is 12.7. The van der Waals surface area contributed by atoms with Gasteiger partial charge in [-0.1, -0.05) is 12.1 Å². The zero-order chi connectivity index (χ0) is 15.0. The first-order valence-electron chi connectivity index (χ1n) is 7.43. The normalized spacial score (nSPS) is 23.1. The molecule has 2 fully saturated rings. The lowest BCUT2D eigenvalue weighted by atomic mass is 10.1. The summed E-state index contributed by atoms with van der Waals surface area (Å²) < 4.78 is 5.30. The van der Waals surface area contributed by atoms with Crippen LogP contribution in [-0.2, 0) is 4.79 Å². The fourth-order valence-corrected chi connectivity index (χ4v) is 2.89. The number of methoxy groups -OCH3 is 1. The summed E-state index contributed by atoms with van der Waals surface area (Å²) in [6.45, 7) is 1.60. The summed E-state index contributed by atoms with van der Waals surface area (Å²) in [5.41, 5.74) is 0.797. The van der Waals surface area contributed by atoms with Crippen LogP contribution in [0.5, 0.6) is 5.75 Å². The van der Waals surface area contributed by atoms with E-state index in [0.29, 0.717) is 0 Å². The predicted octanol–water partition coefficient (Wildman–Crippen LogP) is 1.22. The number of carbonyl (C=O) groups excluding carboxylic acids is 1. The molecule has 0 aromatic heterocycles. The number of benzene rings is 1. The average molecular weight is 289 g/mol. The quantitative estimate of drug-likeness (QED) is 0.885. The van der Waals surface area contributed by atoms with Gasteiger partial charge >= 0.3 is 0 Å². The zero-order valence-electron chi connectivity index (χ0n) is 12.9. The SMILES string of the molecule is COc1cccc(C2NC3(CC3)C(=O)N2CCN(C)C)c1. The molecule has 0 bridgehead atoms. The van der Waals surface area contributed by atoms with Crippen LogP contribution in [0.25, 0.3) is 0 Å². The van der Waals surface area contributed by atoms with Crippen molar-refractivity contribution in [3.63, 3.8) is 0 Å². The van der Waals surface area contributed by atoms with Gasteiger partial charge in [0.1, 0.15) is 17.5 Å². The second kappa shape index (κ2) is 5.31. The van der Waals surface area contributed by atoms with Gasteiger partial charge in [-0.2, -0.15) is 0 Å². The lowest BCUT2D eigenvalue weighted by Crippen LogP contribution is -2.37. The molecule has 3 rings (SSSR count). The summed E-state index contributed by atoms with van der Waals surface area (Å²) in [5.74, 6) is 1.07. The third kappa shape index (κ3) is 2.63. The van der Waals surface area contributed by atoms with E-state index in [0.717, 1.165) is 37.2 Å². The van der Waals surface area contributed by atoms with Crippen molar-refractivity contribution in [1.29, 1.82) is 0 Å². The first kappa shape index (κ1) is 14.4. The summed E-state index contributed by atoms with van der Waals surface area (Å²) >= 11 is 0. The van der Waals surface area contributed by atoms with Crippen molar-refractivity contribution in [2.24, 2.45) is 0 Å². The van der Waals surface area contributed by atoms with Gasteiger partial charge in [-0.25, -0.2) is 0 Å². The van der Waals surface area contributed by atoms with E-state index in [2.05, 4.69) is 16.3 Å². The number of rotatable bonds is 5. The van der Waals surface area contributed by atoms with Crippen molar-refractivity contribution < 1.29 is 9.53 Å². The maximum Gasteiger partial charge on any atom is 0.244 e. The number of nitrogens with zero attached hydrogens (tertiary/aromatic N) is 2. The summed E-state index contributed by atoms with van der Waals surface area (Å²) in [6.07, 6.45) is 1.85. The van der Waals surface area contributed by atoms with Gasteiger partial charge in [-0.15, -0.1) is 0 Å². The number of nitrogens with one attached hydrogen (secondary N) is 1. The summed E-state index contributed by atoms with van der Waals surface area (Å²) in [6, 6.07) is 7.96. The van der Waals surface area contributed by atoms with Crippen LogP contribution in [0.4, 0.5) is 0 Å². The van der Waals surface area contributed by atoms with E-state index < -0.39 is 0 Å². The number of hydrogen-bond acceptors (Lipinski definition) is 4. The molecular formula is C16H23N3O2. The third-order valence-corrected chi connectivity index (χ3v) is 4.34. The minimum absolute atomic E-state index is 0.0463. The molecule has 1 aliphatic carbocycles. The maximum absolute atomic E-state index is 12.7. The van der Waals surface area contributed by atoms with Crippen LogP contribution >= 0.6 is 0 Å². The van der Waals surface area contributed by atoms with Crippen LogP contribution in [0.2, 0.25) is 0 Å². The Balaban J connectivity index is 1.85. The number of hydrogen-bond donors (Lipinski definition) is 1. The Hall–Kier alpha value is -1.59. The molecule has 1 heterocycles. The van der Waals surface area contributed by atoms with E-state index in [1.165, 1.54) is 0 Å². The van der Waals surface area contributed by atoms with Gasteiger partial charge in [0.25, 0.3) is 0 Å². The minimum Gasteiger partial charge on any atom is -0.497 e. The van der Waals surface area contributed by atoms with Crippen LogP contribution in [0.1, 0.15) is 24.6 Å². The molecule has 0 radical (unpaired) electrons. The number of amides is 1. The highest BCUT2D eigenvalue weighted by Crippen LogP contribution is 2.46. The average Bonchev–Trinajstić information content (AvgIpc) is 3.20. The van der Waals surface area contributed by atoms with Crippen LogP contribution in [0, 0.1) is 0 Å². The third-order valence-electron chi connectivity index (χ3n) is 4.34.